The Labute approximate surface area is 190 Å². The van der Waals surface area contributed by atoms with Gasteiger partial charge in [-0.25, -0.2) is 0 Å². The average Bonchev–Trinajstić information content (AvgIpc) is 3.16. The first kappa shape index (κ1) is 20.5. The number of hydrogen-bond acceptors (Lipinski definition) is 5. The molecule has 4 aromatic carbocycles. The van der Waals surface area contributed by atoms with Crippen molar-refractivity contribution >= 4 is 28.4 Å². The number of Topliss-reactive ketones (excluding diaryl/α,β-unsaturated/α-hetero) is 2. The van der Waals surface area contributed by atoms with E-state index in [0.717, 1.165) is 16.3 Å². The molecule has 0 saturated carbocycles. The molecule has 0 N–H and O–H groups in total. The molecule has 0 spiro atoms. The van der Waals surface area contributed by atoms with E-state index in [-0.39, 0.29) is 23.9 Å². The van der Waals surface area contributed by atoms with E-state index in [1.165, 1.54) is 0 Å². The van der Waals surface area contributed by atoms with Crippen molar-refractivity contribution in [2.75, 3.05) is 13.7 Å². The molecule has 0 aliphatic carbocycles. The fourth-order valence-corrected chi connectivity index (χ4v) is 3.78. The molecule has 5 nitrogen and oxygen atoms in total. The third kappa shape index (κ3) is 4.08. The summed E-state index contributed by atoms with van der Waals surface area (Å²) in [6.07, 6.45) is 1.66. The van der Waals surface area contributed by atoms with Gasteiger partial charge >= 0.3 is 0 Å². The monoisotopic (exact) mass is 436 g/mol. The lowest BCUT2D eigenvalue weighted by Gasteiger charge is -2.08. The Morgan fingerprint density at radius 1 is 0.909 bits per heavy atom. The van der Waals surface area contributed by atoms with Gasteiger partial charge < -0.3 is 14.2 Å². The molecule has 1 aliphatic rings. The number of hydrogen-bond donors (Lipinski definition) is 0. The minimum Gasteiger partial charge on any atom is -0.496 e. The van der Waals surface area contributed by atoms with Gasteiger partial charge in [0.2, 0.25) is 5.78 Å². The maximum absolute atomic E-state index is 12.7. The van der Waals surface area contributed by atoms with Gasteiger partial charge in [-0.2, -0.15) is 0 Å². The maximum Gasteiger partial charge on any atom is 0.231 e. The number of allylic oxidation sites excluding steroid dienone is 1. The topological polar surface area (TPSA) is 61.8 Å². The fraction of sp³-hybridized carbons (Fsp3) is 0.0714. The standard InChI is InChI=1S/C28H20O5/c1-31-25-9-5-4-8-21(25)15-27-28(30)23-13-12-22(16-26(23)33-27)32-17-24(29)20-11-10-18-6-2-3-7-19(18)14-20/h2-16H,17H2,1H3/b27-15-. The molecule has 0 atom stereocenters. The molecule has 0 aromatic heterocycles. The predicted molar refractivity (Wildman–Crippen MR) is 126 cm³/mol. The van der Waals surface area contributed by atoms with Crippen molar-refractivity contribution in [3.05, 3.63) is 107 Å². The molecule has 0 saturated heterocycles. The lowest BCUT2D eigenvalue weighted by molar-refractivity contribution is 0.0921. The first-order valence-electron chi connectivity index (χ1n) is 10.5. The maximum atomic E-state index is 12.7. The normalized spacial score (nSPS) is 13.6. The number of benzene rings is 4. The van der Waals surface area contributed by atoms with E-state index in [1.807, 2.05) is 60.7 Å². The average molecular weight is 436 g/mol. The lowest BCUT2D eigenvalue weighted by Crippen LogP contribution is -2.11. The van der Waals surface area contributed by atoms with E-state index >= 15 is 0 Å². The van der Waals surface area contributed by atoms with Crippen LogP contribution in [-0.2, 0) is 0 Å². The third-order valence-electron chi connectivity index (χ3n) is 5.51. The summed E-state index contributed by atoms with van der Waals surface area (Å²) >= 11 is 0. The van der Waals surface area contributed by atoms with Crippen LogP contribution in [0.1, 0.15) is 26.3 Å². The molecular formula is C28H20O5. The summed E-state index contributed by atoms with van der Waals surface area (Å²) < 4.78 is 16.8. The predicted octanol–water partition coefficient (Wildman–Crippen LogP) is 5.73. The highest BCUT2D eigenvalue weighted by molar-refractivity contribution is 6.14. The Morgan fingerprint density at radius 3 is 2.55 bits per heavy atom. The van der Waals surface area contributed by atoms with Crippen molar-refractivity contribution in [1.82, 2.24) is 0 Å². The van der Waals surface area contributed by atoms with Crippen LogP contribution in [0.3, 0.4) is 0 Å². The molecular weight excluding hydrogens is 416 g/mol. The van der Waals surface area contributed by atoms with Gasteiger partial charge in [-0.3, -0.25) is 9.59 Å². The second-order valence-corrected chi connectivity index (χ2v) is 7.61. The number of carbonyl (C=O) groups is 2. The van der Waals surface area contributed by atoms with Gasteiger partial charge in [-0.1, -0.05) is 54.6 Å². The van der Waals surface area contributed by atoms with Gasteiger partial charge in [0, 0.05) is 17.2 Å². The van der Waals surface area contributed by atoms with Crippen LogP contribution >= 0.6 is 0 Å². The van der Waals surface area contributed by atoms with Gasteiger partial charge in [0.15, 0.2) is 18.1 Å². The first-order chi connectivity index (χ1) is 16.1. The Balaban J connectivity index is 1.31. The molecule has 5 rings (SSSR count). The number of ketones is 2. The highest BCUT2D eigenvalue weighted by Gasteiger charge is 2.28. The summed E-state index contributed by atoms with van der Waals surface area (Å²) in [5.41, 5.74) is 1.78. The molecule has 5 heteroatoms. The van der Waals surface area contributed by atoms with Crippen LogP contribution in [0.15, 0.2) is 90.7 Å². The molecule has 0 radical (unpaired) electrons. The second-order valence-electron chi connectivity index (χ2n) is 7.61. The van der Waals surface area contributed by atoms with Gasteiger partial charge in [0.1, 0.15) is 17.2 Å². The number of rotatable bonds is 6. The Morgan fingerprint density at radius 2 is 1.70 bits per heavy atom. The molecule has 1 heterocycles. The number of carbonyl (C=O) groups excluding carboxylic acids is 2. The van der Waals surface area contributed by atoms with Crippen molar-refractivity contribution < 1.29 is 23.8 Å². The zero-order valence-corrected chi connectivity index (χ0v) is 17.9. The smallest absolute Gasteiger partial charge is 0.231 e. The van der Waals surface area contributed by atoms with Gasteiger partial charge in [0.25, 0.3) is 0 Å². The summed E-state index contributed by atoms with van der Waals surface area (Å²) in [5, 5.41) is 2.08. The third-order valence-corrected chi connectivity index (χ3v) is 5.51. The van der Waals surface area contributed by atoms with Crippen LogP contribution in [0.4, 0.5) is 0 Å². The van der Waals surface area contributed by atoms with Crippen LogP contribution in [0.25, 0.3) is 16.8 Å². The Bertz CT molecular complexity index is 1420. The zero-order chi connectivity index (χ0) is 22.8. The number of fused-ring (bicyclic) bond motifs is 2. The first-order valence-corrected chi connectivity index (χ1v) is 10.5. The molecule has 1 aliphatic heterocycles. The van der Waals surface area contributed by atoms with E-state index in [1.54, 1.807) is 37.5 Å². The fourth-order valence-electron chi connectivity index (χ4n) is 3.78. The summed E-state index contributed by atoms with van der Waals surface area (Å²) in [4.78, 5) is 25.4. The molecule has 0 unspecified atom stereocenters. The van der Waals surface area contributed by atoms with E-state index in [0.29, 0.717) is 28.4 Å². The highest BCUT2D eigenvalue weighted by Crippen LogP contribution is 2.35. The minimum absolute atomic E-state index is 0.116. The number of ether oxygens (including phenoxy) is 3. The van der Waals surface area contributed by atoms with Crippen LogP contribution in [0, 0.1) is 0 Å². The lowest BCUT2D eigenvalue weighted by atomic mass is 10.0. The number of para-hydroxylation sites is 1. The SMILES string of the molecule is COc1ccccc1/C=C1\Oc2cc(OCC(=O)c3ccc4ccccc4c3)ccc2C1=O. The second kappa shape index (κ2) is 8.63. The molecule has 0 amide bonds. The number of methoxy groups -OCH3 is 1. The van der Waals surface area contributed by atoms with Crippen molar-refractivity contribution in [3.63, 3.8) is 0 Å². The van der Waals surface area contributed by atoms with Crippen LogP contribution in [0.5, 0.6) is 17.2 Å². The minimum atomic E-state index is -0.213. The zero-order valence-electron chi connectivity index (χ0n) is 17.9. The Hall–Kier alpha value is -4.38. The van der Waals surface area contributed by atoms with Crippen molar-refractivity contribution in [3.8, 4) is 17.2 Å². The van der Waals surface area contributed by atoms with Gasteiger partial charge in [-0.05, 0) is 41.1 Å². The van der Waals surface area contributed by atoms with E-state index in [9.17, 15) is 9.59 Å². The summed E-state index contributed by atoms with van der Waals surface area (Å²) in [6.45, 7) is -0.116. The van der Waals surface area contributed by atoms with Crippen molar-refractivity contribution in [2.45, 2.75) is 0 Å². The van der Waals surface area contributed by atoms with E-state index in [4.69, 9.17) is 14.2 Å². The summed E-state index contributed by atoms with van der Waals surface area (Å²) in [6, 6.07) is 25.8. The quantitative estimate of drug-likeness (QED) is 0.285. The molecule has 0 bridgehead atoms. The Kier molecular flexibility index (Phi) is 5.37. The van der Waals surface area contributed by atoms with Gasteiger partial charge in [0.05, 0.1) is 12.7 Å². The van der Waals surface area contributed by atoms with Crippen LogP contribution in [-0.4, -0.2) is 25.3 Å². The van der Waals surface area contributed by atoms with Crippen LogP contribution in [0.2, 0.25) is 0 Å². The molecule has 162 valence electrons. The summed E-state index contributed by atoms with van der Waals surface area (Å²) in [7, 11) is 1.58. The molecule has 0 fully saturated rings. The largest absolute Gasteiger partial charge is 0.496 e. The van der Waals surface area contributed by atoms with E-state index in [2.05, 4.69) is 0 Å². The highest BCUT2D eigenvalue weighted by atomic mass is 16.5. The molecule has 4 aromatic rings. The van der Waals surface area contributed by atoms with Crippen molar-refractivity contribution in [1.29, 1.82) is 0 Å². The van der Waals surface area contributed by atoms with E-state index < -0.39 is 0 Å². The summed E-state index contributed by atoms with van der Waals surface area (Å²) in [5.74, 6) is 1.36. The van der Waals surface area contributed by atoms with Gasteiger partial charge in [-0.15, -0.1) is 0 Å². The van der Waals surface area contributed by atoms with Crippen molar-refractivity contribution in [2.24, 2.45) is 0 Å². The molecule has 33 heavy (non-hydrogen) atoms. The van der Waals surface area contributed by atoms with Crippen LogP contribution < -0.4 is 14.2 Å².